The van der Waals surface area contributed by atoms with Crippen molar-refractivity contribution in [3.63, 3.8) is 0 Å². The second-order valence-corrected chi connectivity index (χ2v) is 6.00. The third kappa shape index (κ3) is 3.87. The van der Waals surface area contributed by atoms with Crippen LogP contribution in [0.1, 0.15) is 30.2 Å². The highest BCUT2D eigenvalue weighted by Crippen LogP contribution is 2.20. The predicted octanol–water partition coefficient (Wildman–Crippen LogP) is 3.98. The molecule has 5 heteroatoms. The van der Waals surface area contributed by atoms with Gasteiger partial charge < -0.3 is 4.98 Å². The number of rotatable bonds is 5. The number of thioether (sulfide) groups is 1. The second-order valence-electron chi connectivity index (χ2n) is 4.60. The first kappa shape index (κ1) is 15.1. The smallest absolute Gasteiger partial charge is 0.254 e. The molecule has 0 radical (unpaired) electrons. The summed E-state index contributed by atoms with van der Waals surface area (Å²) in [5.41, 5.74) is 2.76. The largest absolute Gasteiger partial charge is 0.301 e. The summed E-state index contributed by atoms with van der Waals surface area (Å²) >= 11 is 7.38. The Bertz CT molecular complexity index is 637. The van der Waals surface area contributed by atoms with Crippen LogP contribution in [0.3, 0.4) is 0 Å². The van der Waals surface area contributed by atoms with Crippen LogP contribution in [-0.4, -0.2) is 9.97 Å². The van der Waals surface area contributed by atoms with Gasteiger partial charge in [0.2, 0.25) is 0 Å². The van der Waals surface area contributed by atoms with Crippen LogP contribution in [-0.2, 0) is 12.2 Å². The summed E-state index contributed by atoms with van der Waals surface area (Å²) < 4.78 is 0. The van der Waals surface area contributed by atoms with Crippen LogP contribution >= 0.6 is 23.4 Å². The maximum absolute atomic E-state index is 12.0. The van der Waals surface area contributed by atoms with Gasteiger partial charge in [-0.05, 0) is 31.0 Å². The Kier molecular flexibility index (Phi) is 5.26. The average Bonchev–Trinajstić information content (AvgIpc) is 2.42. The van der Waals surface area contributed by atoms with E-state index in [-0.39, 0.29) is 5.56 Å². The molecular weight excluding hydrogens is 292 g/mol. The lowest BCUT2D eigenvalue weighted by molar-refractivity contribution is 0.818. The zero-order chi connectivity index (χ0) is 14.5. The lowest BCUT2D eigenvalue weighted by Gasteiger charge is -2.06. The minimum Gasteiger partial charge on any atom is -0.301 e. The summed E-state index contributed by atoms with van der Waals surface area (Å²) in [5, 5.41) is 1.40. The van der Waals surface area contributed by atoms with E-state index in [9.17, 15) is 4.79 Å². The number of nitrogens with zero attached hydrogens (tertiary/aromatic N) is 1. The van der Waals surface area contributed by atoms with Crippen molar-refractivity contribution < 1.29 is 0 Å². The zero-order valence-electron chi connectivity index (χ0n) is 11.6. The molecule has 0 saturated heterocycles. The Labute approximate surface area is 127 Å². The molecular formula is C15H17ClN2OS. The molecule has 106 valence electrons. The van der Waals surface area contributed by atoms with Gasteiger partial charge in [0.05, 0.1) is 0 Å². The number of nitrogens with one attached hydrogen (secondary N) is 1. The number of halogens is 1. The molecule has 2 rings (SSSR count). The van der Waals surface area contributed by atoms with Gasteiger partial charge in [0.1, 0.15) is 0 Å². The fourth-order valence-electron chi connectivity index (χ4n) is 1.93. The molecule has 2 aromatic rings. The lowest BCUT2D eigenvalue weighted by atomic mass is 10.1. The van der Waals surface area contributed by atoms with Crippen molar-refractivity contribution in [1.82, 2.24) is 9.97 Å². The van der Waals surface area contributed by atoms with E-state index >= 15 is 0 Å². The van der Waals surface area contributed by atoms with Crippen LogP contribution in [0.4, 0.5) is 0 Å². The number of benzene rings is 1. The van der Waals surface area contributed by atoms with Crippen molar-refractivity contribution in [3.05, 3.63) is 56.5 Å². The maximum atomic E-state index is 12.0. The first-order chi connectivity index (χ1) is 9.60. The van der Waals surface area contributed by atoms with Gasteiger partial charge in [0.25, 0.3) is 5.56 Å². The highest BCUT2D eigenvalue weighted by molar-refractivity contribution is 7.98. The van der Waals surface area contributed by atoms with Crippen LogP contribution in [0.5, 0.6) is 0 Å². The molecule has 1 aromatic heterocycles. The molecule has 0 saturated carbocycles. The molecule has 1 aromatic carbocycles. The molecule has 0 aliphatic heterocycles. The van der Waals surface area contributed by atoms with E-state index in [0.717, 1.165) is 40.4 Å². The number of hydrogen-bond acceptors (Lipinski definition) is 3. The SMILES string of the molecule is CCCc1c(C)nc(SCc2ccc(Cl)cc2)[nH]c1=O. The van der Waals surface area contributed by atoms with E-state index in [0.29, 0.717) is 5.16 Å². The first-order valence-corrected chi connectivity index (χ1v) is 7.93. The van der Waals surface area contributed by atoms with Crippen LogP contribution in [0, 0.1) is 6.92 Å². The highest BCUT2D eigenvalue weighted by Gasteiger charge is 2.07. The Morgan fingerprint density at radius 3 is 2.60 bits per heavy atom. The molecule has 0 spiro atoms. The number of aromatic nitrogens is 2. The fraction of sp³-hybridized carbons (Fsp3) is 0.333. The van der Waals surface area contributed by atoms with Crippen molar-refractivity contribution in [1.29, 1.82) is 0 Å². The molecule has 0 amide bonds. The van der Waals surface area contributed by atoms with Crippen molar-refractivity contribution in [2.45, 2.75) is 37.6 Å². The molecule has 0 fully saturated rings. The van der Waals surface area contributed by atoms with E-state index in [1.165, 1.54) is 11.8 Å². The van der Waals surface area contributed by atoms with E-state index in [4.69, 9.17) is 11.6 Å². The molecule has 0 unspecified atom stereocenters. The maximum Gasteiger partial charge on any atom is 0.254 e. The van der Waals surface area contributed by atoms with E-state index in [1.54, 1.807) is 0 Å². The number of aryl methyl sites for hydroxylation is 1. The standard InChI is InChI=1S/C15H17ClN2OS/c1-3-4-13-10(2)17-15(18-14(13)19)20-9-11-5-7-12(16)8-6-11/h5-8H,3-4,9H2,1-2H3,(H,17,18,19). The van der Waals surface area contributed by atoms with Gasteiger partial charge in [0, 0.05) is 22.0 Å². The van der Waals surface area contributed by atoms with Crippen LogP contribution in [0.2, 0.25) is 5.02 Å². The minimum absolute atomic E-state index is 0.0158. The second kappa shape index (κ2) is 6.95. The molecule has 3 nitrogen and oxygen atoms in total. The Morgan fingerprint density at radius 1 is 1.30 bits per heavy atom. The summed E-state index contributed by atoms with van der Waals surface area (Å²) in [7, 11) is 0. The molecule has 20 heavy (non-hydrogen) atoms. The zero-order valence-corrected chi connectivity index (χ0v) is 13.1. The molecule has 0 atom stereocenters. The Morgan fingerprint density at radius 2 is 2.00 bits per heavy atom. The van der Waals surface area contributed by atoms with Gasteiger partial charge in [-0.15, -0.1) is 0 Å². The van der Waals surface area contributed by atoms with Gasteiger partial charge in [-0.25, -0.2) is 4.98 Å². The molecule has 0 aliphatic carbocycles. The summed E-state index contributed by atoms with van der Waals surface area (Å²) in [4.78, 5) is 19.3. The lowest BCUT2D eigenvalue weighted by Crippen LogP contribution is -2.17. The monoisotopic (exact) mass is 308 g/mol. The molecule has 0 aliphatic rings. The minimum atomic E-state index is -0.0158. The van der Waals surface area contributed by atoms with E-state index in [2.05, 4.69) is 16.9 Å². The van der Waals surface area contributed by atoms with Crippen molar-refractivity contribution >= 4 is 23.4 Å². The molecule has 1 heterocycles. The number of H-pyrrole nitrogens is 1. The van der Waals surface area contributed by atoms with Crippen molar-refractivity contribution in [2.75, 3.05) is 0 Å². The first-order valence-electron chi connectivity index (χ1n) is 6.57. The Hall–Kier alpha value is -1.26. The number of aromatic amines is 1. The predicted molar refractivity (Wildman–Crippen MR) is 84.6 cm³/mol. The van der Waals surface area contributed by atoms with E-state index < -0.39 is 0 Å². The van der Waals surface area contributed by atoms with Crippen LogP contribution < -0.4 is 5.56 Å². The van der Waals surface area contributed by atoms with Crippen LogP contribution in [0.25, 0.3) is 0 Å². The van der Waals surface area contributed by atoms with Gasteiger partial charge in [-0.2, -0.15) is 0 Å². The Balaban J connectivity index is 2.10. The van der Waals surface area contributed by atoms with Gasteiger partial charge in [0.15, 0.2) is 5.16 Å². The summed E-state index contributed by atoms with van der Waals surface area (Å²) in [5.74, 6) is 0.757. The third-order valence-electron chi connectivity index (χ3n) is 2.99. The average molecular weight is 309 g/mol. The summed E-state index contributed by atoms with van der Waals surface area (Å²) in [6.07, 6.45) is 1.72. The van der Waals surface area contributed by atoms with Crippen molar-refractivity contribution in [2.24, 2.45) is 0 Å². The third-order valence-corrected chi connectivity index (χ3v) is 4.19. The van der Waals surface area contributed by atoms with Gasteiger partial charge in [-0.3, -0.25) is 4.79 Å². The topological polar surface area (TPSA) is 45.8 Å². The highest BCUT2D eigenvalue weighted by atomic mass is 35.5. The number of hydrogen-bond donors (Lipinski definition) is 1. The molecule has 1 N–H and O–H groups in total. The van der Waals surface area contributed by atoms with Gasteiger partial charge in [-0.1, -0.05) is 48.8 Å². The summed E-state index contributed by atoms with van der Waals surface area (Å²) in [6.45, 7) is 3.95. The quantitative estimate of drug-likeness (QED) is 0.671. The van der Waals surface area contributed by atoms with Gasteiger partial charge >= 0.3 is 0 Å². The van der Waals surface area contributed by atoms with E-state index in [1.807, 2.05) is 31.2 Å². The van der Waals surface area contributed by atoms with Crippen LogP contribution in [0.15, 0.2) is 34.2 Å². The summed E-state index contributed by atoms with van der Waals surface area (Å²) in [6, 6.07) is 7.68. The fourth-order valence-corrected chi connectivity index (χ4v) is 2.92. The normalized spacial score (nSPS) is 10.8. The molecule has 0 bridgehead atoms. The van der Waals surface area contributed by atoms with Crippen molar-refractivity contribution in [3.8, 4) is 0 Å².